The summed E-state index contributed by atoms with van der Waals surface area (Å²) in [5, 5.41) is 3.37. The minimum absolute atomic E-state index is 0.807. The average Bonchev–Trinajstić information content (AvgIpc) is 2.18. The lowest BCUT2D eigenvalue weighted by atomic mass is 9.87. The van der Waals surface area contributed by atoms with E-state index < -0.39 is 0 Å². The lowest BCUT2D eigenvalue weighted by molar-refractivity contribution is 0.0836. The van der Waals surface area contributed by atoms with Crippen molar-refractivity contribution in [2.24, 2.45) is 17.8 Å². The van der Waals surface area contributed by atoms with Gasteiger partial charge in [0.2, 0.25) is 0 Å². The Hall–Kier alpha value is -0.120. The predicted molar refractivity (Wildman–Crippen MR) is 66.6 cm³/mol. The van der Waals surface area contributed by atoms with Gasteiger partial charge in [0.05, 0.1) is 0 Å². The fourth-order valence-corrected chi connectivity index (χ4v) is 2.84. The van der Waals surface area contributed by atoms with E-state index in [-0.39, 0.29) is 0 Å². The molecule has 94 valence electrons. The molecule has 0 radical (unpaired) electrons. The fourth-order valence-electron chi connectivity index (χ4n) is 2.84. The molecule has 0 saturated carbocycles. The van der Waals surface area contributed by atoms with Crippen LogP contribution in [0.5, 0.6) is 0 Å². The Morgan fingerprint density at radius 3 is 2.50 bits per heavy atom. The second kappa shape index (κ2) is 5.99. The first kappa shape index (κ1) is 12.3. The molecule has 0 amide bonds. The average molecular weight is 226 g/mol. The Morgan fingerprint density at radius 2 is 2.00 bits per heavy atom. The van der Waals surface area contributed by atoms with Crippen LogP contribution in [0.2, 0.25) is 0 Å². The third-order valence-electron chi connectivity index (χ3n) is 4.27. The number of methoxy groups -OCH3 is 1. The van der Waals surface area contributed by atoms with Gasteiger partial charge in [0.1, 0.15) is 0 Å². The highest BCUT2D eigenvalue weighted by Gasteiger charge is 2.26. The highest BCUT2D eigenvalue weighted by molar-refractivity contribution is 4.82. The van der Waals surface area contributed by atoms with Gasteiger partial charge in [-0.25, -0.2) is 0 Å². The summed E-state index contributed by atoms with van der Waals surface area (Å²) in [6.45, 7) is 9.69. The van der Waals surface area contributed by atoms with Gasteiger partial charge in [-0.2, -0.15) is 0 Å². The molecule has 1 atom stereocenters. The molecule has 1 N–H and O–H groups in total. The van der Waals surface area contributed by atoms with Gasteiger partial charge in [-0.1, -0.05) is 6.92 Å². The van der Waals surface area contributed by atoms with E-state index in [1.807, 2.05) is 7.11 Å². The Morgan fingerprint density at radius 1 is 1.31 bits per heavy atom. The van der Waals surface area contributed by atoms with Crippen molar-refractivity contribution in [2.45, 2.75) is 19.8 Å². The van der Waals surface area contributed by atoms with E-state index in [2.05, 4.69) is 17.1 Å². The first-order chi connectivity index (χ1) is 7.79. The van der Waals surface area contributed by atoms with Crippen molar-refractivity contribution in [3.8, 4) is 0 Å². The van der Waals surface area contributed by atoms with Crippen molar-refractivity contribution in [3.05, 3.63) is 0 Å². The van der Waals surface area contributed by atoms with Crippen molar-refractivity contribution < 1.29 is 4.74 Å². The van der Waals surface area contributed by atoms with Gasteiger partial charge in [0, 0.05) is 20.3 Å². The molecule has 2 aliphatic rings. The fraction of sp³-hybridized carbons (Fsp3) is 1.00. The molecule has 1 unspecified atom stereocenters. The van der Waals surface area contributed by atoms with E-state index in [9.17, 15) is 0 Å². The Bertz CT molecular complexity index is 198. The summed E-state index contributed by atoms with van der Waals surface area (Å²) in [5.74, 6) is 2.60. The summed E-state index contributed by atoms with van der Waals surface area (Å²) < 4.78 is 5.24. The second-order valence-electron chi connectivity index (χ2n) is 5.59. The number of likely N-dealkylation sites (tertiary alicyclic amines) is 1. The first-order valence-corrected chi connectivity index (χ1v) is 6.71. The number of nitrogens with one attached hydrogen (secondary N) is 1. The van der Waals surface area contributed by atoms with Crippen LogP contribution in [0.1, 0.15) is 19.8 Å². The van der Waals surface area contributed by atoms with E-state index >= 15 is 0 Å². The Balaban J connectivity index is 1.64. The Labute approximate surface area is 99.5 Å². The van der Waals surface area contributed by atoms with Gasteiger partial charge in [0.25, 0.3) is 0 Å². The molecule has 0 aliphatic carbocycles. The highest BCUT2D eigenvalue weighted by Crippen LogP contribution is 2.21. The summed E-state index contributed by atoms with van der Waals surface area (Å²) in [6.07, 6.45) is 2.65. The molecular weight excluding hydrogens is 200 g/mol. The summed E-state index contributed by atoms with van der Waals surface area (Å²) >= 11 is 0. The monoisotopic (exact) mass is 226 g/mol. The quantitative estimate of drug-likeness (QED) is 0.762. The topological polar surface area (TPSA) is 24.5 Å². The van der Waals surface area contributed by atoms with Crippen LogP contribution in [0.4, 0.5) is 0 Å². The van der Waals surface area contributed by atoms with Gasteiger partial charge < -0.3 is 15.0 Å². The molecule has 2 aliphatic heterocycles. The van der Waals surface area contributed by atoms with E-state index in [0.717, 1.165) is 24.4 Å². The van der Waals surface area contributed by atoms with Gasteiger partial charge in [-0.15, -0.1) is 0 Å². The van der Waals surface area contributed by atoms with E-state index in [1.54, 1.807) is 0 Å². The molecule has 3 nitrogen and oxygen atoms in total. The van der Waals surface area contributed by atoms with E-state index in [4.69, 9.17) is 4.74 Å². The number of nitrogens with zero attached hydrogens (tertiary/aromatic N) is 1. The van der Waals surface area contributed by atoms with Gasteiger partial charge in [0.15, 0.2) is 0 Å². The van der Waals surface area contributed by atoms with Crippen LogP contribution in [-0.2, 0) is 4.74 Å². The molecule has 0 aromatic heterocycles. The Kier molecular flexibility index (Phi) is 4.62. The van der Waals surface area contributed by atoms with Crippen molar-refractivity contribution >= 4 is 0 Å². The third kappa shape index (κ3) is 3.19. The van der Waals surface area contributed by atoms with Crippen LogP contribution in [-0.4, -0.2) is 51.3 Å². The zero-order valence-electron chi connectivity index (χ0n) is 10.7. The lowest BCUT2D eigenvalue weighted by Gasteiger charge is -2.38. The number of piperidine rings is 1. The number of rotatable bonds is 5. The maximum atomic E-state index is 5.24. The van der Waals surface area contributed by atoms with Crippen LogP contribution in [0.3, 0.4) is 0 Å². The van der Waals surface area contributed by atoms with Crippen LogP contribution in [0.25, 0.3) is 0 Å². The minimum Gasteiger partial charge on any atom is -0.384 e. The van der Waals surface area contributed by atoms with Crippen molar-refractivity contribution in [2.75, 3.05) is 46.4 Å². The number of hydrogen-bond donors (Lipinski definition) is 1. The zero-order chi connectivity index (χ0) is 11.4. The molecule has 0 aromatic rings. The molecular formula is C13H26N2O. The molecule has 2 saturated heterocycles. The molecule has 0 bridgehead atoms. The van der Waals surface area contributed by atoms with Gasteiger partial charge >= 0.3 is 0 Å². The SMILES string of the molecule is COCC1CCN(CC(C)C2CNC2)CC1. The van der Waals surface area contributed by atoms with E-state index in [1.165, 1.54) is 45.6 Å². The molecule has 2 fully saturated rings. The maximum absolute atomic E-state index is 5.24. The molecule has 2 rings (SSSR count). The van der Waals surface area contributed by atoms with Crippen LogP contribution in [0.15, 0.2) is 0 Å². The smallest absolute Gasteiger partial charge is 0.0491 e. The molecule has 3 heteroatoms. The van der Waals surface area contributed by atoms with Gasteiger partial charge in [-0.3, -0.25) is 0 Å². The van der Waals surface area contributed by atoms with Crippen LogP contribution < -0.4 is 5.32 Å². The number of ether oxygens (including phenoxy) is 1. The summed E-state index contributed by atoms with van der Waals surface area (Å²) in [7, 11) is 1.82. The summed E-state index contributed by atoms with van der Waals surface area (Å²) in [6, 6.07) is 0. The van der Waals surface area contributed by atoms with Crippen molar-refractivity contribution in [1.29, 1.82) is 0 Å². The molecule has 2 heterocycles. The normalized spacial score (nSPS) is 26.6. The first-order valence-electron chi connectivity index (χ1n) is 6.71. The molecule has 0 aromatic carbocycles. The molecule has 16 heavy (non-hydrogen) atoms. The summed E-state index contributed by atoms with van der Waals surface area (Å²) in [5.41, 5.74) is 0. The van der Waals surface area contributed by atoms with Gasteiger partial charge in [-0.05, 0) is 56.8 Å². The maximum Gasteiger partial charge on any atom is 0.0491 e. The third-order valence-corrected chi connectivity index (χ3v) is 4.27. The van der Waals surface area contributed by atoms with Crippen LogP contribution in [0, 0.1) is 17.8 Å². The van der Waals surface area contributed by atoms with E-state index in [0.29, 0.717) is 0 Å². The van der Waals surface area contributed by atoms with Crippen molar-refractivity contribution in [3.63, 3.8) is 0 Å². The standard InChI is InChI=1S/C13H26N2O/c1-11(13-7-14-8-13)9-15-5-3-12(4-6-15)10-16-2/h11-14H,3-10H2,1-2H3. The second-order valence-corrected chi connectivity index (χ2v) is 5.59. The summed E-state index contributed by atoms with van der Waals surface area (Å²) in [4.78, 5) is 2.65. The predicted octanol–water partition coefficient (Wildman–Crippen LogP) is 1.20. The van der Waals surface area contributed by atoms with Crippen LogP contribution >= 0.6 is 0 Å². The largest absolute Gasteiger partial charge is 0.384 e. The highest BCUT2D eigenvalue weighted by atomic mass is 16.5. The molecule has 0 spiro atoms. The van der Waals surface area contributed by atoms with Crippen molar-refractivity contribution in [1.82, 2.24) is 10.2 Å². The number of hydrogen-bond acceptors (Lipinski definition) is 3. The zero-order valence-corrected chi connectivity index (χ0v) is 10.7. The lowest BCUT2D eigenvalue weighted by Crippen LogP contribution is -2.49. The minimum atomic E-state index is 0.807.